The quantitative estimate of drug-likeness (QED) is 0.796. The van der Waals surface area contributed by atoms with Crippen molar-refractivity contribution in [2.75, 3.05) is 0 Å². The van der Waals surface area contributed by atoms with Gasteiger partial charge in [-0.3, -0.25) is 4.79 Å². The van der Waals surface area contributed by atoms with Gasteiger partial charge in [0, 0.05) is 6.42 Å². The Balaban J connectivity index is -0.0000000208. The molecular weight excluding hydrogens is 222 g/mol. The van der Waals surface area contributed by atoms with Crippen molar-refractivity contribution >= 4 is 55.6 Å². The molecule has 0 aromatic heterocycles. The standard InChI is InChI=1S/C4H8O2.4ClH/c1-2-3-4(5)6;;;;/h2-3H2,1H3,(H,5,6);4*1H. The van der Waals surface area contributed by atoms with E-state index in [1.54, 1.807) is 0 Å². The van der Waals surface area contributed by atoms with Crippen molar-refractivity contribution in [3.8, 4) is 0 Å². The van der Waals surface area contributed by atoms with Gasteiger partial charge in [-0.25, -0.2) is 0 Å². The lowest BCUT2D eigenvalue weighted by molar-refractivity contribution is -0.137. The Morgan fingerprint density at radius 3 is 1.50 bits per heavy atom. The lowest BCUT2D eigenvalue weighted by Gasteiger charge is -1.79. The zero-order valence-corrected chi connectivity index (χ0v) is 8.67. The first-order chi connectivity index (χ1) is 2.77. The lowest BCUT2D eigenvalue weighted by atomic mass is 10.4. The summed E-state index contributed by atoms with van der Waals surface area (Å²) in [5, 5.41) is 7.91. The molecule has 0 unspecified atom stereocenters. The SMILES string of the molecule is CCCC(=O)O.Cl.Cl.Cl.Cl. The predicted octanol–water partition coefficient (Wildman–Crippen LogP) is 2.56. The van der Waals surface area contributed by atoms with Crippen LogP contribution in [-0.4, -0.2) is 11.1 Å². The minimum Gasteiger partial charge on any atom is -0.481 e. The van der Waals surface area contributed by atoms with Crippen molar-refractivity contribution in [3.05, 3.63) is 0 Å². The number of rotatable bonds is 2. The Morgan fingerprint density at radius 1 is 1.20 bits per heavy atom. The molecule has 0 radical (unpaired) electrons. The summed E-state index contributed by atoms with van der Waals surface area (Å²) >= 11 is 0. The monoisotopic (exact) mass is 232 g/mol. The van der Waals surface area contributed by atoms with Crippen LogP contribution in [0.4, 0.5) is 0 Å². The number of carboxylic acid groups (broad SMARTS) is 1. The average molecular weight is 234 g/mol. The summed E-state index contributed by atoms with van der Waals surface area (Å²) < 4.78 is 0. The maximum atomic E-state index is 9.60. The van der Waals surface area contributed by atoms with Crippen LogP contribution in [0, 0.1) is 0 Å². The van der Waals surface area contributed by atoms with Crippen LogP contribution < -0.4 is 0 Å². The van der Waals surface area contributed by atoms with E-state index in [1.807, 2.05) is 6.92 Å². The molecular formula is C4H12Cl4O2. The second-order valence-corrected chi connectivity index (χ2v) is 1.14. The highest BCUT2D eigenvalue weighted by atomic mass is 35.5. The van der Waals surface area contributed by atoms with E-state index in [0.29, 0.717) is 6.42 Å². The third kappa shape index (κ3) is 38.1. The van der Waals surface area contributed by atoms with Gasteiger partial charge in [0.25, 0.3) is 0 Å². The minimum atomic E-state index is -0.711. The molecule has 2 nitrogen and oxygen atoms in total. The lowest BCUT2D eigenvalue weighted by Crippen LogP contribution is -1.90. The normalized spacial score (nSPS) is 4.90. The van der Waals surface area contributed by atoms with Gasteiger partial charge in [-0.1, -0.05) is 6.92 Å². The highest BCUT2D eigenvalue weighted by Gasteiger charge is 1.87. The Hall–Kier alpha value is 0.630. The van der Waals surface area contributed by atoms with Crippen molar-refractivity contribution in [1.82, 2.24) is 0 Å². The Bertz CT molecular complexity index is 59.2. The molecule has 10 heavy (non-hydrogen) atoms. The van der Waals surface area contributed by atoms with Crippen LogP contribution in [0.5, 0.6) is 0 Å². The highest BCUT2D eigenvalue weighted by Crippen LogP contribution is 1.82. The fourth-order valence-corrected chi connectivity index (χ4v) is 0.214. The van der Waals surface area contributed by atoms with Gasteiger partial charge in [0.15, 0.2) is 0 Å². The van der Waals surface area contributed by atoms with Crippen molar-refractivity contribution in [3.63, 3.8) is 0 Å². The van der Waals surface area contributed by atoms with Gasteiger partial charge < -0.3 is 5.11 Å². The molecule has 0 spiro atoms. The molecule has 0 saturated heterocycles. The van der Waals surface area contributed by atoms with Gasteiger partial charge >= 0.3 is 5.97 Å². The third-order valence-electron chi connectivity index (χ3n) is 0.464. The molecule has 0 fully saturated rings. The summed E-state index contributed by atoms with van der Waals surface area (Å²) in [7, 11) is 0. The predicted molar refractivity (Wildman–Crippen MR) is 51.5 cm³/mol. The van der Waals surface area contributed by atoms with Crippen LogP contribution in [-0.2, 0) is 4.79 Å². The minimum absolute atomic E-state index is 0. The molecule has 0 bridgehead atoms. The van der Waals surface area contributed by atoms with E-state index in [2.05, 4.69) is 0 Å². The molecule has 0 aromatic rings. The van der Waals surface area contributed by atoms with Gasteiger partial charge in [-0.15, -0.1) is 49.6 Å². The number of carbonyl (C=O) groups is 1. The van der Waals surface area contributed by atoms with Crippen LogP contribution in [0.15, 0.2) is 0 Å². The number of carboxylic acids is 1. The Labute approximate surface area is 85.4 Å². The maximum Gasteiger partial charge on any atom is 0.303 e. The highest BCUT2D eigenvalue weighted by molar-refractivity contribution is 5.86. The summed E-state index contributed by atoms with van der Waals surface area (Å²) in [4.78, 5) is 9.60. The van der Waals surface area contributed by atoms with Crippen molar-refractivity contribution in [1.29, 1.82) is 0 Å². The first-order valence-corrected chi connectivity index (χ1v) is 1.99. The van der Waals surface area contributed by atoms with Crippen LogP contribution in [0.2, 0.25) is 0 Å². The van der Waals surface area contributed by atoms with E-state index >= 15 is 0 Å². The topological polar surface area (TPSA) is 37.3 Å². The fourth-order valence-electron chi connectivity index (χ4n) is 0.214. The van der Waals surface area contributed by atoms with Crippen LogP contribution in [0.3, 0.4) is 0 Å². The summed E-state index contributed by atoms with van der Waals surface area (Å²) in [6, 6.07) is 0. The molecule has 0 rings (SSSR count). The van der Waals surface area contributed by atoms with Crippen LogP contribution >= 0.6 is 49.6 Å². The zero-order valence-electron chi connectivity index (χ0n) is 5.40. The number of hydrogen-bond acceptors (Lipinski definition) is 1. The Kier molecular flexibility index (Phi) is 70.4. The number of halogens is 4. The second-order valence-electron chi connectivity index (χ2n) is 1.14. The third-order valence-corrected chi connectivity index (χ3v) is 0.464. The molecule has 1 N–H and O–H groups in total. The molecule has 0 saturated carbocycles. The van der Waals surface area contributed by atoms with E-state index in [1.165, 1.54) is 0 Å². The van der Waals surface area contributed by atoms with E-state index < -0.39 is 5.97 Å². The average Bonchev–Trinajstić information content (AvgIpc) is 1.35. The van der Waals surface area contributed by atoms with E-state index in [4.69, 9.17) is 5.11 Å². The van der Waals surface area contributed by atoms with Crippen molar-refractivity contribution in [2.45, 2.75) is 19.8 Å². The van der Waals surface area contributed by atoms with Gasteiger partial charge in [0.05, 0.1) is 0 Å². The summed E-state index contributed by atoms with van der Waals surface area (Å²) in [6.45, 7) is 1.84. The molecule has 0 amide bonds. The van der Waals surface area contributed by atoms with Crippen LogP contribution in [0.1, 0.15) is 19.8 Å². The van der Waals surface area contributed by atoms with Gasteiger partial charge in [0.2, 0.25) is 0 Å². The summed E-state index contributed by atoms with van der Waals surface area (Å²) in [5.41, 5.74) is 0. The zero-order chi connectivity index (χ0) is 4.99. The summed E-state index contributed by atoms with van der Waals surface area (Å²) in [6.07, 6.45) is 1.02. The molecule has 6 heteroatoms. The molecule has 0 heterocycles. The molecule has 0 aromatic carbocycles. The van der Waals surface area contributed by atoms with Crippen LogP contribution in [0.25, 0.3) is 0 Å². The number of aliphatic carboxylic acids is 1. The first-order valence-electron chi connectivity index (χ1n) is 1.99. The Morgan fingerprint density at radius 2 is 1.50 bits per heavy atom. The fraction of sp³-hybridized carbons (Fsp3) is 0.750. The van der Waals surface area contributed by atoms with Gasteiger partial charge in [-0.2, -0.15) is 0 Å². The van der Waals surface area contributed by atoms with E-state index in [-0.39, 0.29) is 49.6 Å². The van der Waals surface area contributed by atoms with E-state index in [9.17, 15) is 4.79 Å². The number of hydrogen-bond donors (Lipinski definition) is 1. The smallest absolute Gasteiger partial charge is 0.303 e. The van der Waals surface area contributed by atoms with Gasteiger partial charge in [0.1, 0.15) is 0 Å². The summed E-state index contributed by atoms with van der Waals surface area (Å²) in [5.74, 6) is -0.711. The molecule has 0 aliphatic carbocycles. The molecule has 0 aliphatic heterocycles. The van der Waals surface area contributed by atoms with E-state index in [0.717, 1.165) is 6.42 Å². The first kappa shape index (κ1) is 31.1. The largest absolute Gasteiger partial charge is 0.481 e. The molecule has 0 atom stereocenters. The second kappa shape index (κ2) is 22.6. The van der Waals surface area contributed by atoms with Gasteiger partial charge in [-0.05, 0) is 6.42 Å². The maximum absolute atomic E-state index is 9.60. The molecule has 68 valence electrons. The molecule has 0 aliphatic rings. The van der Waals surface area contributed by atoms with Crippen molar-refractivity contribution in [2.24, 2.45) is 0 Å². The van der Waals surface area contributed by atoms with Crippen molar-refractivity contribution < 1.29 is 9.90 Å².